The zero-order valence-electron chi connectivity index (χ0n) is 12.7. The van der Waals surface area contributed by atoms with Crippen LogP contribution in [0.3, 0.4) is 0 Å². The molecule has 0 spiro atoms. The van der Waals surface area contributed by atoms with E-state index in [1.807, 2.05) is 6.07 Å². The molecule has 3 rings (SSSR count). The quantitative estimate of drug-likeness (QED) is 0.751. The zero-order valence-corrected chi connectivity index (χ0v) is 13.5. The van der Waals surface area contributed by atoms with Gasteiger partial charge in [0.1, 0.15) is 17.5 Å². The van der Waals surface area contributed by atoms with Gasteiger partial charge in [-0.25, -0.2) is 18.4 Å². The van der Waals surface area contributed by atoms with Gasteiger partial charge in [-0.3, -0.25) is 0 Å². The van der Waals surface area contributed by atoms with Gasteiger partial charge in [-0.1, -0.05) is 12.1 Å². The summed E-state index contributed by atoms with van der Waals surface area (Å²) in [6, 6.07) is 10.1. The van der Waals surface area contributed by atoms with Gasteiger partial charge in [-0.15, -0.1) is 0 Å². The molecular weight excluding hydrogens is 326 g/mol. The van der Waals surface area contributed by atoms with Crippen LogP contribution in [0.5, 0.6) is 0 Å². The Morgan fingerprint density at radius 1 is 1.25 bits per heavy atom. The molecular formula is C16H13N5O2S. The minimum absolute atomic E-state index is 0.104. The highest BCUT2D eigenvalue weighted by molar-refractivity contribution is 7.90. The monoisotopic (exact) mass is 339 g/mol. The smallest absolute Gasteiger partial charge is 0.175 e. The summed E-state index contributed by atoms with van der Waals surface area (Å²) in [5.41, 5.74) is 8.64. The highest BCUT2D eigenvalue weighted by atomic mass is 32.2. The van der Waals surface area contributed by atoms with Crippen LogP contribution in [-0.4, -0.2) is 29.6 Å². The number of sulfone groups is 1. The van der Waals surface area contributed by atoms with Crippen LogP contribution in [0.4, 0.5) is 5.82 Å². The van der Waals surface area contributed by atoms with E-state index >= 15 is 0 Å². The third-order valence-electron chi connectivity index (χ3n) is 3.53. The van der Waals surface area contributed by atoms with Crippen molar-refractivity contribution in [2.75, 3.05) is 12.0 Å². The van der Waals surface area contributed by atoms with Crippen molar-refractivity contribution in [3.8, 4) is 28.6 Å². The number of nitrogens with two attached hydrogens (primary N) is 1. The number of H-pyrrole nitrogens is 1. The normalized spacial score (nSPS) is 11.2. The topological polar surface area (TPSA) is 126 Å². The highest BCUT2D eigenvalue weighted by Gasteiger charge is 2.15. The first-order valence-corrected chi connectivity index (χ1v) is 8.79. The number of hydrogen-bond acceptors (Lipinski definition) is 6. The molecule has 7 nitrogen and oxygen atoms in total. The lowest BCUT2D eigenvalue weighted by atomic mass is 10.0. The first-order chi connectivity index (χ1) is 11.4. The molecule has 3 aromatic rings. The molecule has 0 atom stereocenters. The second-order valence-corrected chi connectivity index (χ2v) is 7.20. The molecule has 0 amide bonds. The molecule has 0 unspecified atom stereocenters. The van der Waals surface area contributed by atoms with Crippen LogP contribution in [0.25, 0.3) is 22.5 Å². The largest absolute Gasteiger partial charge is 0.383 e. The Bertz CT molecular complexity index is 1030. The Labute approximate surface area is 138 Å². The maximum absolute atomic E-state index is 11.5. The predicted molar refractivity (Wildman–Crippen MR) is 89.5 cm³/mol. The van der Waals surface area contributed by atoms with Gasteiger partial charge in [0.2, 0.25) is 0 Å². The summed E-state index contributed by atoms with van der Waals surface area (Å²) in [5, 5.41) is 9.31. The lowest BCUT2D eigenvalue weighted by Crippen LogP contribution is -2.00. The third-order valence-corrected chi connectivity index (χ3v) is 4.65. The number of pyridine rings is 1. The van der Waals surface area contributed by atoms with Gasteiger partial charge in [0.25, 0.3) is 0 Å². The van der Waals surface area contributed by atoms with Gasteiger partial charge in [0.05, 0.1) is 28.8 Å². The Morgan fingerprint density at radius 3 is 2.50 bits per heavy atom. The molecule has 0 fully saturated rings. The molecule has 0 bridgehead atoms. The van der Waals surface area contributed by atoms with E-state index in [9.17, 15) is 13.7 Å². The summed E-state index contributed by atoms with van der Waals surface area (Å²) < 4.78 is 23.1. The van der Waals surface area contributed by atoms with E-state index in [1.165, 1.54) is 18.5 Å². The molecule has 0 saturated heterocycles. The molecule has 120 valence electrons. The standard InChI is InChI=1S/C16H13N5O2S/c1-24(22,23)11-4-2-10(3-5-11)14-6-12(15-8-19-9-20-15)13(7-17)16(18)21-14/h2-6,8-9H,1H3,(H2,18,21)(H,19,20). The molecule has 0 saturated carbocycles. The summed E-state index contributed by atoms with van der Waals surface area (Å²) >= 11 is 0. The SMILES string of the molecule is CS(=O)(=O)c1ccc(-c2cc(-c3cnc[nH]3)c(C#N)c(N)n2)cc1. The van der Waals surface area contributed by atoms with E-state index in [-0.39, 0.29) is 16.3 Å². The van der Waals surface area contributed by atoms with Crippen molar-refractivity contribution in [2.45, 2.75) is 4.90 Å². The molecule has 1 aromatic carbocycles. The van der Waals surface area contributed by atoms with Crippen LogP contribution >= 0.6 is 0 Å². The molecule has 0 radical (unpaired) electrons. The fourth-order valence-corrected chi connectivity index (χ4v) is 2.95. The van der Waals surface area contributed by atoms with E-state index in [4.69, 9.17) is 5.73 Å². The van der Waals surface area contributed by atoms with Gasteiger partial charge in [-0.05, 0) is 18.2 Å². The maximum Gasteiger partial charge on any atom is 0.175 e. The van der Waals surface area contributed by atoms with Gasteiger partial charge in [-0.2, -0.15) is 5.26 Å². The van der Waals surface area contributed by atoms with Crippen LogP contribution in [0.2, 0.25) is 0 Å². The van der Waals surface area contributed by atoms with Crippen molar-refractivity contribution in [1.82, 2.24) is 15.0 Å². The summed E-state index contributed by atoms with van der Waals surface area (Å²) in [6.07, 6.45) is 4.25. The number of hydrogen-bond donors (Lipinski definition) is 2. The average molecular weight is 339 g/mol. The summed E-state index contributed by atoms with van der Waals surface area (Å²) in [7, 11) is -3.27. The van der Waals surface area contributed by atoms with E-state index in [1.54, 1.807) is 24.4 Å². The van der Waals surface area contributed by atoms with E-state index in [0.29, 0.717) is 22.5 Å². The number of nitrogen functional groups attached to an aromatic ring is 1. The van der Waals surface area contributed by atoms with Crippen LogP contribution in [0.1, 0.15) is 5.56 Å². The van der Waals surface area contributed by atoms with E-state index in [0.717, 1.165) is 6.26 Å². The fourth-order valence-electron chi connectivity index (χ4n) is 2.32. The van der Waals surface area contributed by atoms with Gasteiger partial charge < -0.3 is 10.7 Å². The first-order valence-electron chi connectivity index (χ1n) is 6.90. The van der Waals surface area contributed by atoms with Crippen LogP contribution in [-0.2, 0) is 9.84 Å². The highest BCUT2D eigenvalue weighted by Crippen LogP contribution is 2.30. The van der Waals surface area contributed by atoms with Crippen LogP contribution in [0.15, 0.2) is 47.8 Å². The number of imidazole rings is 1. The lowest BCUT2D eigenvalue weighted by molar-refractivity contribution is 0.602. The van der Waals surface area contributed by atoms with Crippen LogP contribution in [0, 0.1) is 11.3 Å². The van der Waals surface area contributed by atoms with E-state index < -0.39 is 9.84 Å². The number of aromatic nitrogens is 3. The minimum Gasteiger partial charge on any atom is -0.383 e. The van der Waals surface area contributed by atoms with Gasteiger partial charge in [0.15, 0.2) is 9.84 Å². The number of nitrogens with one attached hydrogen (secondary N) is 1. The van der Waals surface area contributed by atoms with Crippen molar-refractivity contribution in [1.29, 1.82) is 5.26 Å². The van der Waals surface area contributed by atoms with E-state index in [2.05, 4.69) is 15.0 Å². The number of aromatic amines is 1. The Kier molecular flexibility index (Phi) is 3.79. The third kappa shape index (κ3) is 2.85. The molecule has 0 aliphatic rings. The molecule has 3 N–H and O–H groups in total. The van der Waals surface area contributed by atoms with Crippen molar-refractivity contribution < 1.29 is 8.42 Å². The zero-order chi connectivity index (χ0) is 17.3. The summed E-state index contributed by atoms with van der Waals surface area (Å²) in [6.45, 7) is 0. The number of nitriles is 1. The molecule has 2 heterocycles. The number of nitrogens with zero attached hydrogens (tertiary/aromatic N) is 3. The molecule has 0 aliphatic carbocycles. The second-order valence-electron chi connectivity index (χ2n) is 5.19. The molecule has 2 aromatic heterocycles. The summed E-state index contributed by atoms with van der Waals surface area (Å²) in [5.74, 6) is 0.104. The van der Waals surface area contributed by atoms with Crippen molar-refractivity contribution in [3.63, 3.8) is 0 Å². The molecule has 8 heteroatoms. The first kappa shape index (κ1) is 15.7. The number of rotatable bonds is 3. The number of anilines is 1. The number of benzene rings is 1. The Balaban J connectivity index is 2.15. The van der Waals surface area contributed by atoms with Crippen LogP contribution < -0.4 is 5.73 Å². The van der Waals surface area contributed by atoms with Crippen molar-refractivity contribution in [2.24, 2.45) is 0 Å². The van der Waals surface area contributed by atoms with Gasteiger partial charge >= 0.3 is 0 Å². The summed E-state index contributed by atoms with van der Waals surface area (Å²) in [4.78, 5) is 11.4. The van der Waals surface area contributed by atoms with Crippen molar-refractivity contribution >= 4 is 15.7 Å². The second kappa shape index (κ2) is 5.79. The Morgan fingerprint density at radius 2 is 1.96 bits per heavy atom. The molecule has 24 heavy (non-hydrogen) atoms. The predicted octanol–water partition coefficient (Wildman–Crippen LogP) is 2.00. The maximum atomic E-state index is 11.5. The molecule has 0 aliphatic heterocycles. The lowest BCUT2D eigenvalue weighted by Gasteiger charge is -2.09. The average Bonchev–Trinajstić information content (AvgIpc) is 3.07. The van der Waals surface area contributed by atoms with Gasteiger partial charge in [0, 0.05) is 17.4 Å². The Hall–Kier alpha value is -3.18. The minimum atomic E-state index is -3.27. The fraction of sp³-hybridized carbons (Fsp3) is 0.0625. The van der Waals surface area contributed by atoms with Crippen molar-refractivity contribution in [3.05, 3.63) is 48.4 Å².